The summed E-state index contributed by atoms with van der Waals surface area (Å²) in [4.78, 5) is 4.89. The second kappa shape index (κ2) is 5.36. The van der Waals surface area contributed by atoms with Crippen molar-refractivity contribution in [3.05, 3.63) is 29.3 Å². The van der Waals surface area contributed by atoms with Crippen LogP contribution >= 0.6 is 0 Å². The lowest BCUT2D eigenvalue weighted by Crippen LogP contribution is -2.36. The van der Waals surface area contributed by atoms with Gasteiger partial charge in [-0.1, -0.05) is 19.9 Å². The Morgan fingerprint density at radius 3 is 2.86 bits per heavy atom. The summed E-state index contributed by atoms with van der Waals surface area (Å²) in [6.07, 6.45) is 3.41. The third-order valence-corrected chi connectivity index (χ3v) is 4.95. The summed E-state index contributed by atoms with van der Waals surface area (Å²) in [6.45, 7) is 7.41. The van der Waals surface area contributed by atoms with Crippen LogP contribution in [0.4, 0.5) is 0 Å². The van der Waals surface area contributed by atoms with E-state index in [0.717, 1.165) is 31.1 Å². The zero-order valence-electron chi connectivity index (χ0n) is 13.5. The van der Waals surface area contributed by atoms with Crippen LogP contribution in [0.2, 0.25) is 0 Å². The maximum atomic E-state index is 6.01. The van der Waals surface area contributed by atoms with Crippen LogP contribution in [-0.2, 0) is 16.6 Å². The predicted octanol–water partition coefficient (Wildman–Crippen LogP) is 3.74. The number of nitrogens with zero attached hydrogens (tertiary/aromatic N) is 1. The summed E-state index contributed by atoms with van der Waals surface area (Å²) in [7, 11) is 1.72. The van der Waals surface area contributed by atoms with E-state index in [0.29, 0.717) is 12.0 Å². The molecular weight excluding hydrogens is 262 g/mol. The molecule has 114 valence electrons. The Kier molecular flexibility index (Phi) is 3.68. The van der Waals surface area contributed by atoms with Gasteiger partial charge in [0.1, 0.15) is 12.4 Å². The Morgan fingerprint density at radius 2 is 2.19 bits per heavy atom. The van der Waals surface area contributed by atoms with E-state index in [1.165, 1.54) is 17.5 Å². The highest BCUT2D eigenvalue weighted by Crippen LogP contribution is 2.41. The highest BCUT2D eigenvalue weighted by atomic mass is 16.5. The SMILES string of the molecule is COc1ccc2c(c1)[C@@](C)(C1=N[C@@H](C(C)C)CO1)CCC2. The number of fused-ring (bicyclic) bond motifs is 1. The number of benzene rings is 1. The van der Waals surface area contributed by atoms with Gasteiger partial charge in [0.15, 0.2) is 5.90 Å². The van der Waals surface area contributed by atoms with E-state index < -0.39 is 0 Å². The number of hydrogen-bond acceptors (Lipinski definition) is 3. The van der Waals surface area contributed by atoms with Crippen LogP contribution in [0.5, 0.6) is 5.75 Å². The molecule has 21 heavy (non-hydrogen) atoms. The van der Waals surface area contributed by atoms with Crippen LogP contribution in [0.25, 0.3) is 0 Å². The van der Waals surface area contributed by atoms with Gasteiger partial charge in [-0.05, 0) is 55.4 Å². The molecule has 3 nitrogen and oxygen atoms in total. The first-order valence-electron chi connectivity index (χ1n) is 7.93. The van der Waals surface area contributed by atoms with Gasteiger partial charge in [0.2, 0.25) is 0 Å². The van der Waals surface area contributed by atoms with Gasteiger partial charge in [-0.2, -0.15) is 0 Å². The Labute approximate surface area is 127 Å². The molecule has 3 heteroatoms. The maximum Gasteiger partial charge on any atom is 0.194 e. The van der Waals surface area contributed by atoms with Crippen LogP contribution in [0.15, 0.2) is 23.2 Å². The van der Waals surface area contributed by atoms with Gasteiger partial charge in [-0.15, -0.1) is 0 Å². The van der Waals surface area contributed by atoms with Gasteiger partial charge in [0.25, 0.3) is 0 Å². The van der Waals surface area contributed by atoms with Crippen molar-refractivity contribution >= 4 is 5.90 Å². The summed E-state index contributed by atoms with van der Waals surface area (Å²) >= 11 is 0. The monoisotopic (exact) mass is 287 g/mol. The number of ether oxygens (including phenoxy) is 2. The summed E-state index contributed by atoms with van der Waals surface area (Å²) in [5.74, 6) is 2.37. The normalized spacial score (nSPS) is 28.0. The van der Waals surface area contributed by atoms with Crippen molar-refractivity contribution in [3.63, 3.8) is 0 Å². The molecule has 0 saturated carbocycles. The van der Waals surface area contributed by atoms with Gasteiger partial charge in [0, 0.05) is 0 Å². The van der Waals surface area contributed by atoms with E-state index in [-0.39, 0.29) is 5.41 Å². The molecule has 1 aliphatic heterocycles. The topological polar surface area (TPSA) is 30.8 Å². The van der Waals surface area contributed by atoms with Crippen LogP contribution < -0.4 is 4.74 Å². The van der Waals surface area contributed by atoms with Gasteiger partial charge < -0.3 is 9.47 Å². The fourth-order valence-electron chi connectivity index (χ4n) is 3.44. The average Bonchev–Trinajstić information content (AvgIpc) is 2.98. The largest absolute Gasteiger partial charge is 0.497 e. The lowest BCUT2D eigenvalue weighted by molar-refractivity contribution is 0.266. The lowest BCUT2D eigenvalue weighted by Gasteiger charge is -2.35. The highest BCUT2D eigenvalue weighted by molar-refractivity contribution is 5.90. The van der Waals surface area contributed by atoms with E-state index in [4.69, 9.17) is 14.5 Å². The summed E-state index contributed by atoms with van der Waals surface area (Å²) in [5, 5.41) is 0. The zero-order valence-corrected chi connectivity index (χ0v) is 13.5. The fourth-order valence-corrected chi connectivity index (χ4v) is 3.44. The molecule has 0 N–H and O–H groups in total. The quantitative estimate of drug-likeness (QED) is 0.848. The summed E-state index contributed by atoms with van der Waals surface area (Å²) < 4.78 is 11.4. The maximum absolute atomic E-state index is 6.01. The number of aryl methyl sites for hydroxylation is 1. The van der Waals surface area contributed by atoms with Crippen LogP contribution in [0.3, 0.4) is 0 Å². The molecule has 1 aliphatic carbocycles. The van der Waals surface area contributed by atoms with E-state index in [9.17, 15) is 0 Å². The second-order valence-corrected chi connectivity index (χ2v) is 6.77. The van der Waals surface area contributed by atoms with Crippen LogP contribution in [0.1, 0.15) is 44.7 Å². The van der Waals surface area contributed by atoms with Crippen molar-refractivity contribution in [3.8, 4) is 5.75 Å². The summed E-state index contributed by atoms with van der Waals surface area (Å²) in [6, 6.07) is 6.72. The van der Waals surface area contributed by atoms with Gasteiger partial charge in [-0.25, -0.2) is 4.99 Å². The van der Waals surface area contributed by atoms with Crippen molar-refractivity contribution in [1.29, 1.82) is 0 Å². The molecule has 1 heterocycles. The Balaban J connectivity index is 2.02. The van der Waals surface area contributed by atoms with Gasteiger partial charge in [-0.3, -0.25) is 0 Å². The van der Waals surface area contributed by atoms with Crippen LogP contribution in [0, 0.1) is 5.92 Å². The molecule has 2 atom stereocenters. The minimum atomic E-state index is -0.105. The number of rotatable bonds is 3. The van der Waals surface area contributed by atoms with Crippen molar-refractivity contribution in [2.75, 3.05) is 13.7 Å². The first-order valence-corrected chi connectivity index (χ1v) is 7.93. The number of aliphatic imine (C=N–C) groups is 1. The Morgan fingerprint density at radius 1 is 1.38 bits per heavy atom. The molecule has 0 unspecified atom stereocenters. The standard InChI is InChI=1S/C18H25NO2/c1-12(2)16-11-21-17(19-16)18(3)9-5-6-13-7-8-14(20-4)10-15(13)18/h7-8,10,12,16H,5-6,9,11H2,1-4H3/t16-,18+/m1/s1. The first kappa shape index (κ1) is 14.4. The lowest BCUT2D eigenvalue weighted by atomic mass is 9.71. The number of methoxy groups -OCH3 is 1. The smallest absolute Gasteiger partial charge is 0.194 e. The van der Waals surface area contributed by atoms with E-state index in [1.54, 1.807) is 7.11 Å². The second-order valence-electron chi connectivity index (χ2n) is 6.77. The molecule has 0 amide bonds. The van der Waals surface area contributed by atoms with Crippen molar-refractivity contribution in [2.24, 2.45) is 10.9 Å². The van der Waals surface area contributed by atoms with Crippen molar-refractivity contribution in [2.45, 2.75) is 51.5 Å². The molecule has 0 fully saturated rings. The zero-order chi connectivity index (χ0) is 15.0. The molecule has 1 aromatic carbocycles. The van der Waals surface area contributed by atoms with Crippen LogP contribution in [-0.4, -0.2) is 25.7 Å². The molecule has 1 aromatic rings. The van der Waals surface area contributed by atoms with Crippen molar-refractivity contribution in [1.82, 2.24) is 0 Å². The van der Waals surface area contributed by atoms with E-state index in [2.05, 4.69) is 39.0 Å². The molecule has 0 spiro atoms. The van der Waals surface area contributed by atoms with Crippen molar-refractivity contribution < 1.29 is 9.47 Å². The molecule has 3 rings (SSSR count). The minimum Gasteiger partial charge on any atom is -0.497 e. The third kappa shape index (κ3) is 2.43. The molecule has 0 radical (unpaired) electrons. The molecule has 2 aliphatic rings. The fraction of sp³-hybridized carbons (Fsp3) is 0.611. The van der Waals surface area contributed by atoms with E-state index in [1.807, 2.05) is 0 Å². The molecule has 0 bridgehead atoms. The third-order valence-electron chi connectivity index (χ3n) is 4.95. The van der Waals surface area contributed by atoms with Gasteiger partial charge >= 0.3 is 0 Å². The predicted molar refractivity (Wildman–Crippen MR) is 85.3 cm³/mol. The molecule has 0 aromatic heterocycles. The van der Waals surface area contributed by atoms with E-state index >= 15 is 0 Å². The molecular formula is C18H25NO2. The first-order chi connectivity index (χ1) is 10.0. The molecule has 0 saturated heterocycles. The summed E-state index contributed by atoms with van der Waals surface area (Å²) in [5.41, 5.74) is 2.63. The minimum absolute atomic E-state index is 0.105. The Hall–Kier alpha value is -1.51. The number of hydrogen-bond donors (Lipinski definition) is 0. The van der Waals surface area contributed by atoms with Gasteiger partial charge in [0.05, 0.1) is 18.6 Å². The highest BCUT2D eigenvalue weighted by Gasteiger charge is 2.41. The average molecular weight is 287 g/mol. The Bertz CT molecular complexity index is 564.